The van der Waals surface area contributed by atoms with Crippen molar-refractivity contribution in [3.63, 3.8) is 0 Å². The predicted octanol–water partition coefficient (Wildman–Crippen LogP) is 3.14. The number of rotatable bonds is 4. The Hall–Kier alpha value is -2.38. The van der Waals surface area contributed by atoms with Crippen LogP contribution in [0.1, 0.15) is 36.5 Å². The minimum atomic E-state index is -0.982. The van der Waals surface area contributed by atoms with Crippen LogP contribution in [0.4, 0.5) is 4.79 Å². The van der Waals surface area contributed by atoms with E-state index in [4.69, 9.17) is 19.0 Å². The number of aryl methyl sites for hydroxylation is 2. The van der Waals surface area contributed by atoms with Gasteiger partial charge in [-0.15, -0.1) is 0 Å². The van der Waals surface area contributed by atoms with Crippen molar-refractivity contribution in [3.8, 4) is 0 Å². The summed E-state index contributed by atoms with van der Waals surface area (Å²) in [5, 5.41) is 1.79. The largest absolute Gasteiger partial charge is 0.513 e. The molecule has 0 unspecified atom stereocenters. The number of carbonyl (C=O) groups excluding carboxylic acids is 2. The zero-order valence-electron chi connectivity index (χ0n) is 16.2. The minimum Gasteiger partial charge on any atom is -0.447 e. The molecule has 7 nitrogen and oxygen atoms in total. The van der Waals surface area contributed by atoms with Crippen LogP contribution in [-0.2, 0) is 23.8 Å². The van der Waals surface area contributed by atoms with E-state index >= 15 is 0 Å². The maximum atomic E-state index is 12.9. The number of esters is 1. The lowest BCUT2D eigenvalue weighted by Crippen LogP contribution is -2.46. The summed E-state index contributed by atoms with van der Waals surface area (Å²) in [5.41, 5.74) is 1.94. The van der Waals surface area contributed by atoms with Crippen LogP contribution >= 0.6 is 0 Å². The average molecular weight is 375 g/mol. The standard InChI is InChI=1S/C20H25NO6/c1-5-25-19(23)26-17-16(15-12-13(2)6-7-14(15)3)18(22)27-20(17)8-10-21(24-4)11-9-20/h6-7,12H,5,8-11H2,1-4H3. The van der Waals surface area contributed by atoms with Gasteiger partial charge in [0.2, 0.25) is 0 Å². The van der Waals surface area contributed by atoms with E-state index in [2.05, 4.69) is 0 Å². The molecule has 0 atom stereocenters. The van der Waals surface area contributed by atoms with Gasteiger partial charge >= 0.3 is 12.1 Å². The second-order valence-corrected chi connectivity index (χ2v) is 6.80. The van der Waals surface area contributed by atoms with Crippen molar-refractivity contribution in [3.05, 3.63) is 40.6 Å². The Kier molecular flexibility index (Phi) is 5.53. The van der Waals surface area contributed by atoms with Crippen LogP contribution in [0, 0.1) is 13.8 Å². The van der Waals surface area contributed by atoms with E-state index in [1.165, 1.54) is 0 Å². The summed E-state index contributed by atoms with van der Waals surface area (Å²) in [7, 11) is 1.60. The first-order chi connectivity index (χ1) is 12.9. The van der Waals surface area contributed by atoms with E-state index in [-0.39, 0.29) is 12.4 Å². The summed E-state index contributed by atoms with van der Waals surface area (Å²) in [6.45, 7) is 6.85. The molecule has 0 saturated carbocycles. The molecule has 0 amide bonds. The second kappa shape index (κ2) is 7.70. The number of benzene rings is 1. The summed E-state index contributed by atoms with van der Waals surface area (Å²) in [6.07, 6.45) is 0.105. The topological polar surface area (TPSA) is 74.3 Å². The molecule has 0 radical (unpaired) electrons. The van der Waals surface area contributed by atoms with Crippen molar-refractivity contribution in [2.75, 3.05) is 26.8 Å². The molecule has 0 aromatic heterocycles. The Labute approximate surface area is 158 Å². The number of hydroxylamine groups is 2. The Bertz CT molecular complexity index is 777. The number of ether oxygens (including phenoxy) is 3. The Morgan fingerprint density at radius 1 is 1.26 bits per heavy atom. The van der Waals surface area contributed by atoms with Crippen molar-refractivity contribution in [1.82, 2.24) is 5.06 Å². The van der Waals surface area contributed by atoms with Gasteiger partial charge in [-0.05, 0) is 31.9 Å². The van der Waals surface area contributed by atoms with Crippen LogP contribution in [0.25, 0.3) is 5.57 Å². The zero-order valence-corrected chi connectivity index (χ0v) is 16.2. The van der Waals surface area contributed by atoms with Crippen LogP contribution in [0.15, 0.2) is 24.0 Å². The molecule has 2 heterocycles. The maximum absolute atomic E-state index is 12.9. The van der Waals surface area contributed by atoms with Crippen molar-refractivity contribution in [2.24, 2.45) is 0 Å². The SMILES string of the molecule is CCOC(=O)OC1=C(c2cc(C)ccc2C)C(=O)OC12CCN(OC)CC2. The van der Waals surface area contributed by atoms with Gasteiger partial charge in [0, 0.05) is 25.9 Å². The Morgan fingerprint density at radius 3 is 2.59 bits per heavy atom. The molecule has 3 rings (SSSR count). The molecule has 0 aliphatic carbocycles. The molecule has 7 heteroatoms. The van der Waals surface area contributed by atoms with Gasteiger partial charge in [-0.2, -0.15) is 5.06 Å². The lowest BCUT2D eigenvalue weighted by atomic mass is 9.87. The maximum Gasteiger partial charge on any atom is 0.513 e. The second-order valence-electron chi connectivity index (χ2n) is 6.80. The molecule has 27 heavy (non-hydrogen) atoms. The summed E-state index contributed by atoms with van der Waals surface area (Å²) in [6, 6.07) is 5.81. The first-order valence-electron chi connectivity index (χ1n) is 9.09. The van der Waals surface area contributed by atoms with Crippen LogP contribution in [0.5, 0.6) is 0 Å². The third-order valence-electron chi connectivity index (χ3n) is 5.03. The highest BCUT2D eigenvalue weighted by Crippen LogP contribution is 2.45. The van der Waals surface area contributed by atoms with E-state index in [9.17, 15) is 9.59 Å². The van der Waals surface area contributed by atoms with Gasteiger partial charge in [0.25, 0.3) is 0 Å². The first-order valence-corrected chi connectivity index (χ1v) is 9.09. The lowest BCUT2D eigenvalue weighted by Gasteiger charge is -2.37. The Morgan fingerprint density at radius 2 is 1.96 bits per heavy atom. The highest BCUT2D eigenvalue weighted by molar-refractivity contribution is 6.20. The fourth-order valence-corrected chi connectivity index (χ4v) is 3.57. The van der Waals surface area contributed by atoms with Gasteiger partial charge in [0.05, 0.1) is 13.7 Å². The fourth-order valence-electron chi connectivity index (χ4n) is 3.57. The molecule has 1 aromatic rings. The van der Waals surface area contributed by atoms with Gasteiger partial charge in [-0.1, -0.05) is 23.8 Å². The van der Waals surface area contributed by atoms with Gasteiger partial charge in [0.15, 0.2) is 11.4 Å². The smallest absolute Gasteiger partial charge is 0.447 e. The summed E-state index contributed by atoms with van der Waals surface area (Å²) < 4.78 is 16.3. The third-order valence-corrected chi connectivity index (χ3v) is 5.03. The van der Waals surface area contributed by atoms with E-state index in [1.807, 2.05) is 32.0 Å². The third kappa shape index (κ3) is 3.70. The lowest BCUT2D eigenvalue weighted by molar-refractivity contribution is -0.183. The average Bonchev–Trinajstić information content (AvgIpc) is 2.89. The number of hydrogen-bond acceptors (Lipinski definition) is 7. The molecule has 2 aliphatic rings. The highest BCUT2D eigenvalue weighted by Gasteiger charge is 2.52. The molecule has 1 aromatic carbocycles. The van der Waals surface area contributed by atoms with Gasteiger partial charge in [-0.3, -0.25) is 0 Å². The summed E-state index contributed by atoms with van der Waals surface area (Å²) in [5.74, 6) is -0.232. The molecule has 1 fully saturated rings. The molecule has 146 valence electrons. The van der Waals surface area contributed by atoms with Gasteiger partial charge < -0.3 is 19.0 Å². The molecule has 0 bridgehead atoms. The van der Waals surface area contributed by atoms with Crippen LogP contribution in [0.3, 0.4) is 0 Å². The van der Waals surface area contributed by atoms with E-state index in [1.54, 1.807) is 19.1 Å². The fraction of sp³-hybridized carbons (Fsp3) is 0.500. The molecule has 0 N–H and O–H groups in total. The van der Waals surface area contributed by atoms with E-state index in [0.717, 1.165) is 11.1 Å². The van der Waals surface area contributed by atoms with Crippen LogP contribution in [-0.4, -0.2) is 49.6 Å². The number of carbonyl (C=O) groups is 2. The summed E-state index contributed by atoms with van der Waals surface area (Å²) >= 11 is 0. The molecule has 1 spiro atoms. The van der Waals surface area contributed by atoms with Gasteiger partial charge in [0.1, 0.15) is 5.57 Å². The normalized spacial score (nSPS) is 19.3. The molecular formula is C20H25NO6. The number of piperidine rings is 1. The van der Waals surface area contributed by atoms with Crippen molar-refractivity contribution in [2.45, 2.75) is 39.2 Å². The zero-order chi connectivity index (χ0) is 19.6. The first kappa shape index (κ1) is 19.4. The highest BCUT2D eigenvalue weighted by atomic mass is 16.7. The molecule has 1 saturated heterocycles. The van der Waals surface area contributed by atoms with E-state index < -0.39 is 17.7 Å². The molecule has 2 aliphatic heterocycles. The van der Waals surface area contributed by atoms with Crippen LogP contribution < -0.4 is 0 Å². The van der Waals surface area contributed by atoms with Crippen LogP contribution in [0.2, 0.25) is 0 Å². The monoisotopic (exact) mass is 375 g/mol. The predicted molar refractivity (Wildman–Crippen MR) is 97.6 cm³/mol. The number of nitrogens with zero attached hydrogens (tertiary/aromatic N) is 1. The van der Waals surface area contributed by atoms with Crippen molar-refractivity contribution in [1.29, 1.82) is 0 Å². The molecular weight excluding hydrogens is 350 g/mol. The van der Waals surface area contributed by atoms with E-state index in [0.29, 0.717) is 37.1 Å². The minimum absolute atomic E-state index is 0.185. The quantitative estimate of drug-likeness (QED) is 0.749. The van der Waals surface area contributed by atoms with Crippen molar-refractivity contribution >= 4 is 17.7 Å². The van der Waals surface area contributed by atoms with Crippen molar-refractivity contribution < 1.29 is 28.6 Å². The number of hydrogen-bond donors (Lipinski definition) is 0. The summed E-state index contributed by atoms with van der Waals surface area (Å²) in [4.78, 5) is 30.2. The van der Waals surface area contributed by atoms with Gasteiger partial charge in [-0.25, -0.2) is 9.59 Å². The Balaban J connectivity index is 2.08.